The van der Waals surface area contributed by atoms with E-state index in [-0.39, 0.29) is 0 Å². The number of rotatable bonds is 3. The van der Waals surface area contributed by atoms with Crippen LogP contribution in [0.1, 0.15) is 5.56 Å². The number of benzene rings is 3. The standard InChI is InChI=1S/C16H14Cl2Si/c17-19(18)9-8-12-6-3-7-15-10-13-4-1-2-5-14(13)11-16(12)15/h1-7,10-11,19H,8-9H2. The van der Waals surface area contributed by atoms with E-state index in [9.17, 15) is 0 Å². The maximum atomic E-state index is 5.98. The van der Waals surface area contributed by atoms with Gasteiger partial charge in [0.1, 0.15) is 0 Å². The van der Waals surface area contributed by atoms with E-state index in [2.05, 4.69) is 54.6 Å². The van der Waals surface area contributed by atoms with Crippen molar-refractivity contribution in [3.63, 3.8) is 0 Å². The Labute approximate surface area is 124 Å². The highest BCUT2D eigenvalue weighted by Gasteiger charge is 2.06. The largest absolute Gasteiger partial charge is 0.237 e. The summed E-state index contributed by atoms with van der Waals surface area (Å²) in [5.41, 5.74) is 1.35. The van der Waals surface area contributed by atoms with E-state index >= 15 is 0 Å². The fourth-order valence-corrected chi connectivity index (χ4v) is 3.70. The molecule has 0 aromatic heterocycles. The van der Waals surface area contributed by atoms with Crippen LogP contribution in [0.2, 0.25) is 6.04 Å². The highest BCUT2D eigenvalue weighted by atomic mass is 35.7. The molecule has 0 saturated heterocycles. The van der Waals surface area contributed by atoms with Crippen molar-refractivity contribution in [2.24, 2.45) is 0 Å². The van der Waals surface area contributed by atoms with E-state index in [1.807, 2.05) is 0 Å². The number of hydrogen-bond acceptors (Lipinski definition) is 0. The second-order valence-corrected chi connectivity index (χ2v) is 9.96. The summed E-state index contributed by atoms with van der Waals surface area (Å²) in [6.45, 7) is 0. The molecule has 3 aromatic rings. The first kappa shape index (κ1) is 13.0. The fraction of sp³-hybridized carbons (Fsp3) is 0.125. The van der Waals surface area contributed by atoms with Crippen LogP contribution in [0.5, 0.6) is 0 Å². The normalized spacial score (nSPS) is 11.5. The van der Waals surface area contributed by atoms with Crippen LogP contribution in [-0.2, 0) is 6.42 Å². The van der Waals surface area contributed by atoms with Crippen LogP contribution in [0.3, 0.4) is 0 Å². The number of aryl methyl sites for hydroxylation is 1. The fourth-order valence-electron chi connectivity index (χ4n) is 2.51. The molecule has 0 heterocycles. The van der Waals surface area contributed by atoms with Crippen LogP contribution in [0.4, 0.5) is 0 Å². The van der Waals surface area contributed by atoms with Crippen LogP contribution in [0.25, 0.3) is 21.5 Å². The van der Waals surface area contributed by atoms with Gasteiger partial charge in [-0.15, -0.1) is 0 Å². The van der Waals surface area contributed by atoms with E-state index < -0.39 is 7.42 Å². The van der Waals surface area contributed by atoms with Gasteiger partial charge in [0.25, 0.3) is 0 Å². The maximum absolute atomic E-state index is 5.98. The molecule has 0 radical (unpaired) electrons. The van der Waals surface area contributed by atoms with Crippen LogP contribution in [0, 0.1) is 0 Å². The maximum Gasteiger partial charge on any atom is 0.237 e. The lowest BCUT2D eigenvalue weighted by Gasteiger charge is -2.08. The van der Waals surface area contributed by atoms with Gasteiger partial charge in [0.15, 0.2) is 0 Å². The molecule has 0 nitrogen and oxygen atoms in total. The molecule has 19 heavy (non-hydrogen) atoms. The van der Waals surface area contributed by atoms with Crippen LogP contribution in [-0.4, -0.2) is 7.42 Å². The molecule has 3 heteroatoms. The first-order valence-corrected chi connectivity index (χ1v) is 10.7. The minimum absolute atomic E-state index is 0.926. The molecular weight excluding hydrogens is 291 g/mol. The Morgan fingerprint density at radius 2 is 1.47 bits per heavy atom. The average molecular weight is 305 g/mol. The van der Waals surface area contributed by atoms with E-state index in [1.165, 1.54) is 27.1 Å². The molecule has 3 aromatic carbocycles. The molecular formula is C16H14Cl2Si. The molecule has 0 N–H and O–H groups in total. The molecule has 0 amide bonds. The Morgan fingerprint density at radius 1 is 0.789 bits per heavy atom. The van der Waals surface area contributed by atoms with Crippen molar-refractivity contribution in [2.75, 3.05) is 0 Å². The van der Waals surface area contributed by atoms with Crippen molar-refractivity contribution >= 4 is 51.1 Å². The van der Waals surface area contributed by atoms with Gasteiger partial charge in [-0.3, -0.25) is 0 Å². The average Bonchev–Trinajstić information content (AvgIpc) is 2.42. The molecule has 96 valence electrons. The first-order chi connectivity index (χ1) is 9.24. The molecule has 0 atom stereocenters. The monoisotopic (exact) mass is 304 g/mol. The topological polar surface area (TPSA) is 0 Å². The van der Waals surface area contributed by atoms with E-state index in [4.69, 9.17) is 22.2 Å². The zero-order chi connectivity index (χ0) is 13.2. The summed E-state index contributed by atoms with van der Waals surface area (Å²) in [4.78, 5) is 0. The minimum atomic E-state index is -1.53. The van der Waals surface area contributed by atoms with Crippen molar-refractivity contribution in [3.05, 3.63) is 60.2 Å². The lowest BCUT2D eigenvalue weighted by molar-refractivity contribution is 1.15. The number of hydrogen-bond donors (Lipinski definition) is 0. The zero-order valence-corrected chi connectivity index (χ0v) is 13.1. The van der Waals surface area contributed by atoms with Crippen LogP contribution in [0.15, 0.2) is 54.6 Å². The lowest BCUT2D eigenvalue weighted by atomic mass is 9.99. The van der Waals surface area contributed by atoms with E-state index in [0.29, 0.717) is 0 Å². The zero-order valence-electron chi connectivity index (χ0n) is 10.4. The van der Waals surface area contributed by atoms with Gasteiger partial charge in [-0.1, -0.05) is 42.5 Å². The quantitative estimate of drug-likeness (QED) is 0.353. The lowest BCUT2D eigenvalue weighted by Crippen LogP contribution is -1.96. The van der Waals surface area contributed by atoms with Crippen molar-refractivity contribution < 1.29 is 0 Å². The Morgan fingerprint density at radius 3 is 2.21 bits per heavy atom. The summed E-state index contributed by atoms with van der Waals surface area (Å²) in [5.74, 6) is 0. The minimum Gasteiger partial charge on any atom is -0.150 e. The van der Waals surface area contributed by atoms with Crippen LogP contribution < -0.4 is 0 Å². The third-order valence-corrected chi connectivity index (χ3v) is 5.50. The third kappa shape index (κ3) is 2.79. The number of fused-ring (bicyclic) bond motifs is 2. The highest BCUT2D eigenvalue weighted by molar-refractivity contribution is 7.33. The predicted molar refractivity (Wildman–Crippen MR) is 88.8 cm³/mol. The van der Waals surface area contributed by atoms with Crippen molar-refractivity contribution in [1.82, 2.24) is 0 Å². The highest BCUT2D eigenvalue weighted by Crippen LogP contribution is 2.26. The molecule has 0 aliphatic heterocycles. The van der Waals surface area contributed by atoms with Gasteiger partial charge in [0.05, 0.1) is 0 Å². The predicted octanol–water partition coefficient (Wildman–Crippen LogP) is 5.23. The summed E-state index contributed by atoms with van der Waals surface area (Å²) in [5, 5.41) is 5.19. The second-order valence-electron chi connectivity index (χ2n) is 4.77. The van der Waals surface area contributed by atoms with Gasteiger partial charge in [-0.05, 0) is 51.7 Å². The van der Waals surface area contributed by atoms with E-state index in [0.717, 1.165) is 12.5 Å². The Bertz CT molecular complexity index is 722. The summed E-state index contributed by atoms with van der Waals surface area (Å²) < 4.78 is 0. The Hall–Kier alpha value is -1.02. The second kappa shape index (κ2) is 5.54. The van der Waals surface area contributed by atoms with Crippen LogP contribution >= 0.6 is 22.2 Å². The summed E-state index contributed by atoms with van der Waals surface area (Å²) in [6, 6.07) is 20.4. The van der Waals surface area contributed by atoms with Crippen molar-refractivity contribution in [2.45, 2.75) is 12.5 Å². The van der Waals surface area contributed by atoms with Gasteiger partial charge in [-0.25, -0.2) is 0 Å². The molecule has 0 aliphatic rings. The third-order valence-electron chi connectivity index (χ3n) is 3.47. The van der Waals surface area contributed by atoms with Gasteiger partial charge in [0.2, 0.25) is 7.42 Å². The number of halogens is 2. The molecule has 0 spiro atoms. The van der Waals surface area contributed by atoms with E-state index in [1.54, 1.807) is 0 Å². The van der Waals surface area contributed by atoms with Gasteiger partial charge >= 0.3 is 0 Å². The van der Waals surface area contributed by atoms with Crippen molar-refractivity contribution in [3.8, 4) is 0 Å². The Balaban J connectivity index is 2.15. The first-order valence-electron chi connectivity index (χ1n) is 6.42. The Kier molecular flexibility index (Phi) is 3.78. The molecule has 0 unspecified atom stereocenters. The van der Waals surface area contributed by atoms with Gasteiger partial charge in [-0.2, -0.15) is 22.2 Å². The molecule has 0 fully saturated rings. The van der Waals surface area contributed by atoms with Gasteiger partial charge < -0.3 is 0 Å². The summed E-state index contributed by atoms with van der Waals surface area (Å²) in [6.07, 6.45) is 0.972. The molecule has 0 aliphatic carbocycles. The SMILES string of the molecule is Cl[SiH](Cl)CCc1cccc2cc3ccccc3cc12. The molecule has 3 rings (SSSR count). The van der Waals surface area contributed by atoms with Gasteiger partial charge in [0, 0.05) is 0 Å². The molecule has 0 bridgehead atoms. The molecule has 0 saturated carbocycles. The summed E-state index contributed by atoms with van der Waals surface area (Å²) >= 11 is 12.0. The smallest absolute Gasteiger partial charge is 0.150 e. The summed E-state index contributed by atoms with van der Waals surface area (Å²) in [7, 11) is -1.53. The van der Waals surface area contributed by atoms with Crippen molar-refractivity contribution in [1.29, 1.82) is 0 Å².